The van der Waals surface area contributed by atoms with E-state index < -0.39 is 35.6 Å². The quantitative estimate of drug-likeness (QED) is 0.422. The second-order valence-electron chi connectivity index (χ2n) is 8.45. The van der Waals surface area contributed by atoms with Gasteiger partial charge < -0.3 is 24.8 Å². The number of benzene rings is 2. The molecular formula is C25H30N2O7. The Morgan fingerprint density at radius 3 is 2.32 bits per heavy atom. The number of amides is 2. The van der Waals surface area contributed by atoms with Crippen molar-refractivity contribution in [2.24, 2.45) is 0 Å². The molecule has 9 heteroatoms. The molecule has 2 N–H and O–H groups in total. The van der Waals surface area contributed by atoms with Crippen LogP contribution in [0.5, 0.6) is 0 Å². The molecule has 2 amide bonds. The maximum absolute atomic E-state index is 12.9. The van der Waals surface area contributed by atoms with Crippen molar-refractivity contribution in [1.29, 1.82) is 0 Å². The molecule has 0 aliphatic carbocycles. The molecule has 0 spiro atoms. The fraction of sp³-hybridized carbons (Fsp3) is 0.360. The van der Waals surface area contributed by atoms with E-state index in [1.54, 1.807) is 39.0 Å². The largest absolute Gasteiger partial charge is 0.465 e. The van der Waals surface area contributed by atoms with Crippen LogP contribution >= 0.6 is 0 Å². The molecule has 0 aromatic heterocycles. The number of anilines is 1. The number of carbonyl (C=O) groups excluding carboxylic acids is 4. The predicted molar refractivity (Wildman–Crippen MR) is 125 cm³/mol. The van der Waals surface area contributed by atoms with Crippen molar-refractivity contribution in [2.75, 3.05) is 12.4 Å². The summed E-state index contributed by atoms with van der Waals surface area (Å²) in [6, 6.07) is 14.3. The highest BCUT2D eigenvalue weighted by Crippen LogP contribution is 2.14. The zero-order chi connectivity index (χ0) is 25.1. The summed E-state index contributed by atoms with van der Waals surface area (Å²) in [6.07, 6.45) is -0.924. The molecule has 34 heavy (non-hydrogen) atoms. The van der Waals surface area contributed by atoms with Gasteiger partial charge in [0.05, 0.1) is 12.7 Å². The van der Waals surface area contributed by atoms with Crippen molar-refractivity contribution in [3.05, 3.63) is 65.7 Å². The number of alkyl carbamates (subject to hydrolysis) is 1. The summed E-state index contributed by atoms with van der Waals surface area (Å²) < 4.78 is 15.2. The van der Waals surface area contributed by atoms with Gasteiger partial charge in [-0.15, -0.1) is 0 Å². The summed E-state index contributed by atoms with van der Waals surface area (Å²) in [5.41, 5.74) is 0.647. The Hall–Kier alpha value is -3.88. The lowest BCUT2D eigenvalue weighted by atomic mass is 10.1. The van der Waals surface area contributed by atoms with Crippen molar-refractivity contribution in [1.82, 2.24) is 5.32 Å². The number of hydrogen-bond donors (Lipinski definition) is 2. The van der Waals surface area contributed by atoms with Gasteiger partial charge in [0.25, 0.3) is 0 Å². The topological polar surface area (TPSA) is 120 Å². The van der Waals surface area contributed by atoms with E-state index in [-0.39, 0.29) is 25.0 Å². The first kappa shape index (κ1) is 26.4. The number of esters is 2. The number of carbonyl (C=O) groups is 4. The molecule has 2 aromatic rings. The van der Waals surface area contributed by atoms with Crippen molar-refractivity contribution < 1.29 is 33.4 Å². The minimum absolute atomic E-state index is 0.0185. The van der Waals surface area contributed by atoms with Crippen molar-refractivity contribution >= 4 is 29.6 Å². The number of ether oxygens (including phenoxy) is 3. The van der Waals surface area contributed by atoms with Crippen LogP contribution in [0, 0.1) is 0 Å². The second kappa shape index (κ2) is 12.4. The summed E-state index contributed by atoms with van der Waals surface area (Å²) in [6.45, 7) is 5.19. The molecule has 0 radical (unpaired) electrons. The van der Waals surface area contributed by atoms with Gasteiger partial charge in [-0.1, -0.05) is 36.4 Å². The normalized spacial score (nSPS) is 11.6. The van der Waals surface area contributed by atoms with Gasteiger partial charge in [-0.25, -0.2) is 9.59 Å². The Morgan fingerprint density at radius 1 is 0.971 bits per heavy atom. The minimum atomic E-state index is -1.08. The molecule has 182 valence electrons. The molecular weight excluding hydrogens is 440 g/mol. The van der Waals surface area contributed by atoms with E-state index >= 15 is 0 Å². The van der Waals surface area contributed by atoms with E-state index in [1.807, 2.05) is 30.3 Å². The molecule has 0 saturated heterocycles. The van der Waals surface area contributed by atoms with Crippen LogP contribution in [0.1, 0.15) is 49.5 Å². The van der Waals surface area contributed by atoms with Gasteiger partial charge in [0.1, 0.15) is 18.2 Å². The van der Waals surface area contributed by atoms with Gasteiger partial charge in [0.2, 0.25) is 5.91 Å². The predicted octanol–water partition coefficient (Wildman–Crippen LogP) is 3.83. The Bertz CT molecular complexity index is 1000. The third-order valence-corrected chi connectivity index (χ3v) is 4.44. The molecule has 0 aliphatic heterocycles. The number of nitrogens with one attached hydrogen (secondary N) is 2. The average Bonchev–Trinajstić information content (AvgIpc) is 2.79. The Kier molecular flexibility index (Phi) is 9.61. The van der Waals surface area contributed by atoms with Gasteiger partial charge in [-0.2, -0.15) is 0 Å². The fourth-order valence-electron chi connectivity index (χ4n) is 2.86. The van der Waals surface area contributed by atoms with E-state index in [2.05, 4.69) is 15.4 Å². The van der Waals surface area contributed by atoms with E-state index in [0.717, 1.165) is 5.56 Å². The van der Waals surface area contributed by atoms with Crippen LogP contribution in [-0.2, 0) is 30.4 Å². The molecule has 0 unspecified atom stereocenters. The third kappa shape index (κ3) is 9.32. The highest BCUT2D eigenvalue weighted by Gasteiger charge is 2.25. The summed E-state index contributed by atoms with van der Waals surface area (Å²) in [5.74, 6) is -1.65. The highest BCUT2D eigenvalue weighted by atomic mass is 16.6. The van der Waals surface area contributed by atoms with E-state index in [1.165, 1.54) is 13.2 Å². The van der Waals surface area contributed by atoms with E-state index in [0.29, 0.717) is 5.69 Å². The molecule has 9 nitrogen and oxygen atoms in total. The smallest absolute Gasteiger partial charge is 0.408 e. The monoisotopic (exact) mass is 470 g/mol. The lowest BCUT2D eigenvalue weighted by Crippen LogP contribution is -2.46. The van der Waals surface area contributed by atoms with Crippen molar-refractivity contribution in [3.8, 4) is 0 Å². The van der Waals surface area contributed by atoms with Gasteiger partial charge in [0.15, 0.2) is 0 Å². The zero-order valence-corrected chi connectivity index (χ0v) is 19.8. The minimum Gasteiger partial charge on any atom is -0.465 e. The molecule has 0 bridgehead atoms. The summed E-state index contributed by atoms with van der Waals surface area (Å²) in [5, 5.41) is 5.14. The van der Waals surface area contributed by atoms with Crippen LogP contribution in [0.3, 0.4) is 0 Å². The van der Waals surface area contributed by atoms with Crippen LogP contribution in [0.25, 0.3) is 0 Å². The first-order valence-corrected chi connectivity index (χ1v) is 10.8. The zero-order valence-electron chi connectivity index (χ0n) is 19.8. The second-order valence-corrected chi connectivity index (χ2v) is 8.45. The lowest BCUT2D eigenvalue weighted by Gasteiger charge is -2.23. The maximum atomic E-state index is 12.9. The number of hydrogen-bond acceptors (Lipinski definition) is 7. The highest BCUT2D eigenvalue weighted by molar-refractivity contribution is 5.98. The maximum Gasteiger partial charge on any atom is 0.408 e. The van der Waals surface area contributed by atoms with E-state index in [4.69, 9.17) is 9.47 Å². The van der Waals surface area contributed by atoms with Crippen LogP contribution in [0.4, 0.5) is 10.5 Å². The molecule has 0 saturated carbocycles. The van der Waals surface area contributed by atoms with Crippen LogP contribution in [0.15, 0.2) is 54.6 Å². The number of methoxy groups -OCH3 is 1. The summed E-state index contributed by atoms with van der Waals surface area (Å²) >= 11 is 0. The SMILES string of the molecule is COC(=O)c1cccc(NC(=O)[C@H](CCC(=O)OCc2ccccc2)NC(=O)OC(C)(C)C)c1. The van der Waals surface area contributed by atoms with Crippen molar-refractivity contribution in [3.63, 3.8) is 0 Å². The molecule has 0 aliphatic rings. The molecule has 2 aromatic carbocycles. The molecule has 0 fully saturated rings. The van der Waals surface area contributed by atoms with Gasteiger partial charge >= 0.3 is 18.0 Å². The van der Waals surface area contributed by atoms with Crippen LogP contribution in [0.2, 0.25) is 0 Å². The molecule has 2 rings (SSSR count). The standard InChI is InChI=1S/C25H30N2O7/c1-25(2,3)34-24(31)27-20(13-14-21(28)33-16-17-9-6-5-7-10-17)22(29)26-19-12-8-11-18(15-19)23(30)32-4/h5-12,15,20H,13-14,16H2,1-4H3,(H,26,29)(H,27,31)/t20-/m0/s1. The third-order valence-electron chi connectivity index (χ3n) is 4.44. The molecule has 0 heterocycles. The van der Waals surface area contributed by atoms with Gasteiger partial charge in [-0.05, 0) is 51.0 Å². The van der Waals surface area contributed by atoms with Crippen LogP contribution in [-0.4, -0.2) is 42.7 Å². The lowest BCUT2D eigenvalue weighted by molar-refractivity contribution is -0.145. The number of rotatable bonds is 9. The molecule has 1 atom stereocenters. The average molecular weight is 471 g/mol. The first-order chi connectivity index (χ1) is 16.1. The summed E-state index contributed by atoms with van der Waals surface area (Å²) in [7, 11) is 1.26. The fourth-order valence-corrected chi connectivity index (χ4v) is 2.86. The van der Waals surface area contributed by atoms with Gasteiger partial charge in [0, 0.05) is 12.1 Å². The van der Waals surface area contributed by atoms with E-state index in [9.17, 15) is 19.2 Å². The van der Waals surface area contributed by atoms with Gasteiger partial charge in [-0.3, -0.25) is 9.59 Å². The Balaban J connectivity index is 2.04. The first-order valence-electron chi connectivity index (χ1n) is 10.8. The Labute approximate surface area is 198 Å². The van der Waals surface area contributed by atoms with Crippen LogP contribution < -0.4 is 10.6 Å². The van der Waals surface area contributed by atoms with Crippen molar-refractivity contribution in [2.45, 2.75) is 51.9 Å². The Morgan fingerprint density at radius 2 is 1.68 bits per heavy atom. The summed E-state index contributed by atoms with van der Waals surface area (Å²) in [4.78, 5) is 49.1.